The number of hydrogen-bond acceptors (Lipinski definition) is 2. The molecule has 0 bridgehead atoms. The molecule has 17 heavy (non-hydrogen) atoms. The number of urea groups is 1. The Labute approximate surface area is 97.6 Å². The fraction of sp³-hybridized carbons (Fsp3) is 0.455. The van der Waals surface area contributed by atoms with Crippen molar-refractivity contribution in [3.8, 4) is 0 Å². The van der Waals surface area contributed by atoms with Crippen LogP contribution in [0.15, 0.2) is 24.5 Å². The largest absolute Gasteiger partial charge is 0.324 e. The molecule has 0 radical (unpaired) electrons. The number of carbonyl (C=O) groups excluding carboxylic acids is 1. The van der Waals surface area contributed by atoms with E-state index in [2.05, 4.69) is 10.3 Å². The summed E-state index contributed by atoms with van der Waals surface area (Å²) < 4.78 is 25.8. The molecule has 2 amide bonds. The molecule has 0 unspecified atom stereocenters. The van der Waals surface area contributed by atoms with E-state index in [0.717, 1.165) is 0 Å². The summed E-state index contributed by atoms with van der Waals surface area (Å²) in [7, 11) is 0. The summed E-state index contributed by atoms with van der Waals surface area (Å²) in [5.74, 6) is -2.63. The van der Waals surface area contributed by atoms with Crippen LogP contribution >= 0.6 is 0 Å². The Bertz CT molecular complexity index is 387. The first-order valence-electron chi connectivity index (χ1n) is 5.41. The molecular weight excluding hydrogens is 228 g/mol. The molecule has 1 aliphatic heterocycles. The predicted molar refractivity (Wildman–Crippen MR) is 59.0 cm³/mol. The van der Waals surface area contributed by atoms with E-state index in [4.69, 9.17) is 0 Å². The molecule has 1 aromatic heterocycles. The van der Waals surface area contributed by atoms with Crippen LogP contribution in [0.5, 0.6) is 0 Å². The summed E-state index contributed by atoms with van der Waals surface area (Å²) in [6.45, 7) is 0.165. The fourth-order valence-electron chi connectivity index (χ4n) is 1.68. The van der Waals surface area contributed by atoms with Crippen molar-refractivity contribution in [1.29, 1.82) is 0 Å². The highest BCUT2D eigenvalue weighted by atomic mass is 19.3. The van der Waals surface area contributed by atoms with Crippen molar-refractivity contribution in [2.75, 3.05) is 18.4 Å². The van der Waals surface area contributed by atoms with Gasteiger partial charge in [-0.1, -0.05) is 0 Å². The van der Waals surface area contributed by atoms with Crippen molar-refractivity contribution in [2.45, 2.75) is 18.8 Å². The van der Waals surface area contributed by atoms with Crippen molar-refractivity contribution in [3.05, 3.63) is 24.5 Å². The van der Waals surface area contributed by atoms with Crippen LogP contribution in [-0.2, 0) is 0 Å². The fourth-order valence-corrected chi connectivity index (χ4v) is 1.68. The van der Waals surface area contributed by atoms with Crippen LogP contribution < -0.4 is 5.32 Å². The summed E-state index contributed by atoms with van der Waals surface area (Å²) in [5, 5.41) is 2.62. The van der Waals surface area contributed by atoms with E-state index in [1.54, 1.807) is 18.3 Å². The zero-order valence-electron chi connectivity index (χ0n) is 9.20. The molecule has 1 N–H and O–H groups in total. The lowest BCUT2D eigenvalue weighted by molar-refractivity contribution is -0.0461. The lowest BCUT2D eigenvalue weighted by Crippen LogP contribution is -2.44. The van der Waals surface area contributed by atoms with Gasteiger partial charge in [-0.3, -0.25) is 4.98 Å². The summed E-state index contributed by atoms with van der Waals surface area (Å²) in [6, 6.07) is 3.04. The Morgan fingerprint density at radius 1 is 1.41 bits per heavy atom. The van der Waals surface area contributed by atoms with E-state index in [9.17, 15) is 13.6 Å². The molecule has 4 nitrogen and oxygen atoms in total. The third-order valence-corrected chi connectivity index (χ3v) is 2.69. The monoisotopic (exact) mass is 241 g/mol. The zero-order chi connectivity index (χ0) is 12.3. The van der Waals surface area contributed by atoms with Gasteiger partial charge >= 0.3 is 6.03 Å². The molecule has 0 spiro atoms. The van der Waals surface area contributed by atoms with Gasteiger partial charge in [-0.15, -0.1) is 0 Å². The van der Waals surface area contributed by atoms with Crippen LogP contribution in [0.4, 0.5) is 19.3 Å². The van der Waals surface area contributed by atoms with E-state index >= 15 is 0 Å². The minimum absolute atomic E-state index is 0.0824. The number of halogens is 2. The number of piperidine rings is 1. The maximum Gasteiger partial charge on any atom is 0.321 e. The number of likely N-dealkylation sites (tertiary alicyclic amines) is 1. The minimum Gasteiger partial charge on any atom is -0.324 e. The van der Waals surface area contributed by atoms with E-state index in [-0.39, 0.29) is 32.0 Å². The maximum atomic E-state index is 12.9. The van der Waals surface area contributed by atoms with Crippen molar-refractivity contribution in [1.82, 2.24) is 9.88 Å². The second-order valence-corrected chi connectivity index (χ2v) is 4.01. The van der Waals surface area contributed by atoms with Crippen molar-refractivity contribution >= 4 is 11.7 Å². The molecule has 1 aromatic rings. The van der Waals surface area contributed by atoms with Crippen LogP contribution in [-0.4, -0.2) is 34.9 Å². The summed E-state index contributed by atoms with van der Waals surface area (Å²) >= 11 is 0. The Kier molecular flexibility index (Phi) is 3.21. The molecule has 92 valence electrons. The van der Waals surface area contributed by atoms with Gasteiger partial charge in [0.25, 0.3) is 5.92 Å². The van der Waals surface area contributed by atoms with Gasteiger partial charge in [-0.2, -0.15) is 0 Å². The highest BCUT2D eigenvalue weighted by Gasteiger charge is 2.35. The normalized spacial score (nSPS) is 18.8. The number of hydrogen-bond donors (Lipinski definition) is 1. The lowest BCUT2D eigenvalue weighted by atomic mass is 10.1. The van der Waals surface area contributed by atoms with Gasteiger partial charge in [0.15, 0.2) is 0 Å². The first-order chi connectivity index (χ1) is 8.07. The van der Waals surface area contributed by atoms with E-state index in [1.807, 2.05) is 0 Å². The van der Waals surface area contributed by atoms with Gasteiger partial charge in [-0.25, -0.2) is 13.6 Å². The highest BCUT2D eigenvalue weighted by molar-refractivity contribution is 5.89. The molecule has 0 aliphatic carbocycles. The number of alkyl halides is 2. The van der Waals surface area contributed by atoms with Crippen LogP contribution in [0.3, 0.4) is 0 Å². The smallest absolute Gasteiger partial charge is 0.321 e. The third kappa shape index (κ3) is 3.12. The Morgan fingerprint density at radius 2 is 2.12 bits per heavy atom. The molecule has 1 saturated heterocycles. The third-order valence-electron chi connectivity index (χ3n) is 2.69. The zero-order valence-corrected chi connectivity index (χ0v) is 9.20. The molecule has 0 aromatic carbocycles. The molecule has 0 saturated carbocycles. The van der Waals surface area contributed by atoms with Crippen molar-refractivity contribution in [3.63, 3.8) is 0 Å². The highest BCUT2D eigenvalue weighted by Crippen LogP contribution is 2.27. The van der Waals surface area contributed by atoms with Gasteiger partial charge < -0.3 is 10.2 Å². The SMILES string of the molecule is O=C(Nc1cccnc1)N1CCC(F)(F)CC1. The summed E-state index contributed by atoms with van der Waals surface area (Å²) in [6.07, 6.45) is 2.56. The first kappa shape index (κ1) is 11.8. The average Bonchev–Trinajstić information content (AvgIpc) is 2.30. The van der Waals surface area contributed by atoms with Gasteiger partial charge in [0.1, 0.15) is 0 Å². The van der Waals surface area contributed by atoms with Crippen LogP contribution in [0, 0.1) is 0 Å². The van der Waals surface area contributed by atoms with E-state index in [0.29, 0.717) is 5.69 Å². The number of pyridine rings is 1. The number of nitrogens with zero attached hydrogens (tertiary/aromatic N) is 2. The van der Waals surface area contributed by atoms with Gasteiger partial charge in [0, 0.05) is 32.1 Å². The Morgan fingerprint density at radius 3 is 2.71 bits per heavy atom. The number of amides is 2. The number of carbonyl (C=O) groups is 1. The van der Waals surface area contributed by atoms with Crippen molar-refractivity contribution < 1.29 is 13.6 Å². The van der Waals surface area contributed by atoms with Crippen LogP contribution in [0.25, 0.3) is 0 Å². The number of aromatic nitrogens is 1. The topological polar surface area (TPSA) is 45.2 Å². The second kappa shape index (κ2) is 4.65. The lowest BCUT2D eigenvalue weighted by Gasteiger charge is -2.31. The van der Waals surface area contributed by atoms with Crippen LogP contribution in [0.2, 0.25) is 0 Å². The van der Waals surface area contributed by atoms with Crippen molar-refractivity contribution in [2.24, 2.45) is 0 Å². The minimum atomic E-state index is -2.63. The maximum absolute atomic E-state index is 12.9. The molecular formula is C11H13F2N3O. The van der Waals surface area contributed by atoms with Gasteiger partial charge in [0.05, 0.1) is 11.9 Å². The molecule has 2 heterocycles. The van der Waals surface area contributed by atoms with Gasteiger partial charge in [0.2, 0.25) is 0 Å². The van der Waals surface area contributed by atoms with Crippen LogP contribution in [0.1, 0.15) is 12.8 Å². The number of nitrogens with one attached hydrogen (secondary N) is 1. The number of rotatable bonds is 1. The molecule has 0 atom stereocenters. The second-order valence-electron chi connectivity index (χ2n) is 4.01. The summed E-state index contributed by atoms with van der Waals surface area (Å²) in [5.41, 5.74) is 0.565. The van der Waals surface area contributed by atoms with Gasteiger partial charge in [-0.05, 0) is 12.1 Å². The standard InChI is InChI=1S/C11H13F2N3O/c12-11(13)3-6-16(7-4-11)10(17)15-9-2-1-5-14-8-9/h1-2,5,8H,3-4,6-7H2,(H,15,17). The molecule has 1 aliphatic rings. The van der Waals surface area contributed by atoms with E-state index < -0.39 is 5.92 Å². The van der Waals surface area contributed by atoms with E-state index in [1.165, 1.54) is 11.1 Å². The first-order valence-corrected chi connectivity index (χ1v) is 5.41. The Hall–Kier alpha value is -1.72. The molecule has 6 heteroatoms. The quantitative estimate of drug-likeness (QED) is 0.820. The predicted octanol–water partition coefficient (Wildman–Crippen LogP) is 2.34. The molecule has 1 fully saturated rings. The number of anilines is 1. The Balaban J connectivity index is 1.90. The summed E-state index contributed by atoms with van der Waals surface area (Å²) in [4.78, 5) is 17.0. The molecule has 2 rings (SSSR count). The average molecular weight is 241 g/mol.